The van der Waals surface area contributed by atoms with Crippen LogP contribution in [0.2, 0.25) is 0 Å². The topological polar surface area (TPSA) is 59.2 Å². The molecule has 27 heavy (non-hydrogen) atoms. The van der Waals surface area contributed by atoms with Crippen molar-refractivity contribution in [1.82, 2.24) is 10.1 Å². The van der Waals surface area contributed by atoms with Crippen molar-refractivity contribution in [3.8, 4) is 11.4 Å². The monoisotopic (exact) mass is 365 g/mol. The van der Waals surface area contributed by atoms with Gasteiger partial charge in [0, 0.05) is 18.5 Å². The lowest BCUT2D eigenvalue weighted by atomic mass is 10.1. The second kappa shape index (κ2) is 6.61. The Bertz CT molecular complexity index is 1030. The van der Waals surface area contributed by atoms with Crippen LogP contribution in [0.5, 0.6) is 0 Å². The molecule has 6 heteroatoms. The van der Waals surface area contributed by atoms with E-state index in [0.717, 1.165) is 22.3 Å². The van der Waals surface area contributed by atoms with Gasteiger partial charge in [0.05, 0.1) is 11.6 Å². The maximum atomic E-state index is 14.3. The number of amides is 1. The first kappa shape index (κ1) is 17.4. The lowest BCUT2D eigenvalue weighted by molar-refractivity contribution is -0.117. The molecule has 1 atom stereocenters. The number of halogens is 1. The van der Waals surface area contributed by atoms with E-state index in [2.05, 4.69) is 16.2 Å². The van der Waals surface area contributed by atoms with Gasteiger partial charge < -0.3 is 9.42 Å². The summed E-state index contributed by atoms with van der Waals surface area (Å²) in [5.74, 6) is 0.132. The molecule has 0 aliphatic carbocycles. The number of anilines is 1. The number of carbonyl (C=O) groups excluding carboxylic acids is 1. The Balaban J connectivity index is 1.59. The maximum absolute atomic E-state index is 14.3. The van der Waals surface area contributed by atoms with Crippen LogP contribution in [0.4, 0.5) is 10.1 Å². The van der Waals surface area contributed by atoms with E-state index in [0.29, 0.717) is 23.9 Å². The number of hydrogen-bond acceptors (Lipinski definition) is 4. The summed E-state index contributed by atoms with van der Waals surface area (Å²) >= 11 is 0. The molecule has 1 amide bonds. The van der Waals surface area contributed by atoms with Crippen LogP contribution in [0.3, 0.4) is 0 Å². The van der Waals surface area contributed by atoms with Crippen molar-refractivity contribution in [3.63, 3.8) is 0 Å². The summed E-state index contributed by atoms with van der Waals surface area (Å²) < 4.78 is 19.7. The molecule has 0 spiro atoms. The average molecular weight is 365 g/mol. The van der Waals surface area contributed by atoms with Crippen molar-refractivity contribution >= 4 is 11.6 Å². The highest BCUT2D eigenvalue weighted by molar-refractivity contribution is 5.96. The molecule has 0 radical (unpaired) electrons. The second-order valence-corrected chi connectivity index (χ2v) is 7.13. The number of benzene rings is 2. The Kier molecular flexibility index (Phi) is 4.26. The SMILES string of the molecule is Cc1ccc(-c2noc(C3CC(=O)N(c4ccc(C)cc4F)C3)n2)c(C)c1. The van der Waals surface area contributed by atoms with E-state index in [-0.39, 0.29) is 18.2 Å². The van der Waals surface area contributed by atoms with Crippen LogP contribution in [0.25, 0.3) is 11.4 Å². The first-order valence-corrected chi connectivity index (χ1v) is 8.90. The molecule has 0 bridgehead atoms. The van der Waals surface area contributed by atoms with Gasteiger partial charge in [0.15, 0.2) is 0 Å². The van der Waals surface area contributed by atoms with Crippen molar-refractivity contribution in [1.29, 1.82) is 0 Å². The van der Waals surface area contributed by atoms with E-state index in [1.54, 1.807) is 12.1 Å². The molecule has 1 fully saturated rings. The molecule has 0 N–H and O–H groups in total. The summed E-state index contributed by atoms with van der Waals surface area (Å²) in [6.45, 7) is 6.17. The quantitative estimate of drug-likeness (QED) is 0.693. The molecule has 1 aliphatic rings. The van der Waals surface area contributed by atoms with Crippen LogP contribution in [0.15, 0.2) is 40.9 Å². The molecule has 0 saturated carbocycles. The third-order valence-electron chi connectivity index (χ3n) is 4.93. The number of aromatic nitrogens is 2. The number of nitrogens with zero attached hydrogens (tertiary/aromatic N) is 3. The minimum absolute atomic E-state index is 0.144. The Morgan fingerprint density at radius 3 is 2.59 bits per heavy atom. The van der Waals surface area contributed by atoms with Crippen molar-refractivity contribution in [3.05, 3.63) is 64.8 Å². The molecule has 1 saturated heterocycles. The van der Waals surface area contributed by atoms with E-state index in [4.69, 9.17) is 4.52 Å². The molecular formula is C21H20FN3O2. The lowest BCUT2D eigenvalue weighted by Crippen LogP contribution is -2.25. The minimum atomic E-state index is -0.398. The van der Waals surface area contributed by atoms with Gasteiger partial charge in [0.25, 0.3) is 0 Å². The molecule has 138 valence electrons. The van der Waals surface area contributed by atoms with Gasteiger partial charge in [-0.3, -0.25) is 4.79 Å². The summed E-state index contributed by atoms with van der Waals surface area (Å²) in [4.78, 5) is 18.4. The zero-order chi connectivity index (χ0) is 19.1. The fourth-order valence-corrected chi connectivity index (χ4v) is 3.51. The highest BCUT2D eigenvalue weighted by atomic mass is 19.1. The van der Waals surface area contributed by atoms with Crippen LogP contribution in [-0.4, -0.2) is 22.6 Å². The van der Waals surface area contributed by atoms with Gasteiger partial charge in [0.2, 0.25) is 17.6 Å². The van der Waals surface area contributed by atoms with Crippen molar-refractivity contribution in [2.75, 3.05) is 11.4 Å². The number of aryl methyl sites for hydroxylation is 3. The van der Waals surface area contributed by atoms with E-state index in [9.17, 15) is 9.18 Å². The zero-order valence-electron chi connectivity index (χ0n) is 15.5. The molecule has 2 aromatic carbocycles. The van der Waals surface area contributed by atoms with Gasteiger partial charge in [-0.2, -0.15) is 4.98 Å². The fourth-order valence-electron chi connectivity index (χ4n) is 3.51. The van der Waals surface area contributed by atoms with Crippen molar-refractivity contribution in [2.24, 2.45) is 0 Å². The maximum Gasteiger partial charge on any atom is 0.232 e. The van der Waals surface area contributed by atoms with Crippen LogP contribution >= 0.6 is 0 Å². The number of hydrogen-bond donors (Lipinski definition) is 0. The smallest absolute Gasteiger partial charge is 0.232 e. The van der Waals surface area contributed by atoms with Crippen LogP contribution in [-0.2, 0) is 4.79 Å². The molecule has 2 heterocycles. The number of carbonyl (C=O) groups is 1. The Labute approximate surface area is 156 Å². The predicted molar refractivity (Wildman–Crippen MR) is 100 cm³/mol. The molecule has 4 rings (SSSR count). The summed E-state index contributed by atoms with van der Waals surface area (Å²) in [6.07, 6.45) is 0.224. The fraction of sp³-hybridized carbons (Fsp3) is 0.286. The highest BCUT2D eigenvalue weighted by Gasteiger charge is 2.36. The van der Waals surface area contributed by atoms with Crippen LogP contribution in [0, 0.1) is 26.6 Å². The molecule has 1 aromatic heterocycles. The van der Waals surface area contributed by atoms with Gasteiger partial charge in [-0.25, -0.2) is 4.39 Å². The summed E-state index contributed by atoms with van der Waals surface area (Å²) in [5.41, 5.74) is 4.24. The second-order valence-electron chi connectivity index (χ2n) is 7.13. The predicted octanol–water partition coefficient (Wildman–Crippen LogP) is 4.32. The van der Waals surface area contributed by atoms with Gasteiger partial charge in [-0.15, -0.1) is 0 Å². The Morgan fingerprint density at radius 1 is 1.11 bits per heavy atom. The Hall–Kier alpha value is -3.02. The molecule has 5 nitrogen and oxygen atoms in total. The van der Waals surface area contributed by atoms with Crippen molar-refractivity contribution in [2.45, 2.75) is 33.1 Å². The molecular weight excluding hydrogens is 345 g/mol. The van der Waals surface area contributed by atoms with E-state index >= 15 is 0 Å². The average Bonchev–Trinajstić information content (AvgIpc) is 3.22. The molecule has 3 aromatic rings. The third-order valence-corrected chi connectivity index (χ3v) is 4.93. The largest absolute Gasteiger partial charge is 0.339 e. The Morgan fingerprint density at radius 2 is 1.85 bits per heavy atom. The van der Waals surface area contributed by atoms with Gasteiger partial charge in [0.1, 0.15) is 5.82 Å². The van der Waals surface area contributed by atoms with E-state index in [1.165, 1.54) is 11.0 Å². The van der Waals surface area contributed by atoms with E-state index < -0.39 is 5.82 Å². The van der Waals surface area contributed by atoms with Crippen LogP contribution in [0.1, 0.15) is 34.9 Å². The van der Waals surface area contributed by atoms with Gasteiger partial charge in [-0.05, 0) is 44.0 Å². The summed E-state index contributed by atoms with van der Waals surface area (Å²) in [7, 11) is 0. The van der Waals surface area contributed by atoms with Crippen LogP contribution < -0.4 is 4.90 Å². The first-order chi connectivity index (χ1) is 12.9. The highest BCUT2D eigenvalue weighted by Crippen LogP contribution is 2.33. The zero-order valence-corrected chi connectivity index (χ0v) is 15.5. The van der Waals surface area contributed by atoms with Gasteiger partial charge >= 0.3 is 0 Å². The van der Waals surface area contributed by atoms with E-state index in [1.807, 2.05) is 32.9 Å². The summed E-state index contributed by atoms with van der Waals surface area (Å²) in [5, 5.41) is 4.08. The third kappa shape index (κ3) is 3.23. The lowest BCUT2D eigenvalue weighted by Gasteiger charge is -2.17. The standard InChI is InChI=1S/C21H20FN3O2/c1-12-4-6-16(14(3)8-12)20-23-21(27-24-20)15-10-19(26)25(11-15)18-7-5-13(2)9-17(18)22/h4-9,15H,10-11H2,1-3H3. The molecule has 1 unspecified atom stereocenters. The van der Waals surface area contributed by atoms with Crippen molar-refractivity contribution < 1.29 is 13.7 Å². The minimum Gasteiger partial charge on any atom is -0.339 e. The number of rotatable bonds is 3. The summed E-state index contributed by atoms with van der Waals surface area (Å²) in [6, 6.07) is 10.9. The molecule has 1 aliphatic heterocycles. The van der Waals surface area contributed by atoms with Gasteiger partial charge in [-0.1, -0.05) is 35.0 Å². The normalized spacial score (nSPS) is 17.0. The first-order valence-electron chi connectivity index (χ1n) is 8.90.